The summed E-state index contributed by atoms with van der Waals surface area (Å²) in [7, 11) is 0. The van der Waals surface area contributed by atoms with Crippen molar-refractivity contribution in [3.63, 3.8) is 0 Å². The Morgan fingerprint density at radius 3 is 2.52 bits per heavy atom. The van der Waals surface area contributed by atoms with E-state index in [0.29, 0.717) is 11.3 Å². The number of amides is 1. The molecule has 170 valence electrons. The first-order chi connectivity index (χ1) is 15.8. The van der Waals surface area contributed by atoms with E-state index in [4.69, 9.17) is 4.52 Å². The van der Waals surface area contributed by atoms with E-state index in [1.165, 1.54) is 24.3 Å². The molecule has 4 aromatic rings. The molecule has 33 heavy (non-hydrogen) atoms. The predicted molar refractivity (Wildman–Crippen MR) is 113 cm³/mol. The number of aromatic nitrogens is 3. The third-order valence-electron chi connectivity index (χ3n) is 4.81. The van der Waals surface area contributed by atoms with Crippen molar-refractivity contribution < 1.29 is 27.2 Å². The fourth-order valence-corrected chi connectivity index (χ4v) is 3.26. The first kappa shape index (κ1) is 22.1. The Hall–Kier alpha value is -4.08. The highest BCUT2D eigenvalue weighted by Crippen LogP contribution is 2.27. The molecule has 0 spiro atoms. The Kier molecular flexibility index (Phi) is 6.16. The van der Waals surface area contributed by atoms with E-state index in [1.54, 1.807) is 22.9 Å². The number of halogens is 3. The fraction of sp³-hybridized carbons (Fsp3) is 0.174. The molecule has 0 fully saturated rings. The van der Waals surface area contributed by atoms with Crippen molar-refractivity contribution in [2.45, 2.75) is 25.9 Å². The minimum atomic E-state index is -4.77. The molecular formula is C23H19F3N4O3. The number of nitrogens with zero attached hydrogens (tertiary/aromatic N) is 3. The number of hydrogen-bond acceptors (Lipinski definition) is 5. The molecular weight excluding hydrogens is 437 g/mol. The van der Waals surface area contributed by atoms with Gasteiger partial charge in [-0.3, -0.25) is 4.79 Å². The number of carbonyl (C=O) groups is 1. The van der Waals surface area contributed by atoms with E-state index in [2.05, 4.69) is 20.2 Å². The lowest BCUT2D eigenvalue weighted by atomic mass is 10.1. The summed E-state index contributed by atoms with van der Waals surface area (Å²) in [6.07, 6.45) is -3.05. The topological polar surface area (TPSA) is 82.2 Å². The summed E-state index contributed by atoms with van der Waals surface area (Å²) < 4.78 is 47.8. The predicted octanol–water partition coefficient (Wildman–Crippen LogP) is 4.98. The molecule has 4 rings (SSSR count). The van der Waals surface area contributed by atoms with Gasteiger partial charge in [-0.25, -0.2) is 0 Å². The Bertz CT molecular complexity index is 1220. The molecule has 2 heterocycles. The molecule has 0 radical (unpaired) electrons. The van der Waals surface area contributed by atoms with Gasteiger partial charge < -0.3 is 19.1 Å². The van der Waals surface area contributed by atoms with Gasteiger partial charge in [0.25, 0.3) is 5.89 Å². The maximum absolute atomic E-state index is 12.5. The molecule has 1 atom stereocenters. The lowest BCUT2D eigenvalue weighted by Crippen LogP contribution is -2.30. The van der Waals surface area contributed by atoms with Crippen molar-refractivity contribution in [3.8, 4) is 28.7 Å². The van der Waals surface area contributed by atoms with Crippen LogP contribution in [0.3, 0.4) is 0 Å². The first-order valence-electron chi connectivity index (χ1n) is 9.98. The normalized spacial score (nSPS) is 12.4. The molecule has 7 nitrogen and oxygen atoms in total. The van der Waals surface area contributed by atoms with Crippen LogP contribution in [0.4, 0.5) is 13.2 Å². The number of benzene rings is 2. The molecule has 2 aromatic carbocycles. The van der Waals surface area contributed by atoms with Crippen LogP contribution in [-0.4, -0.2) is 27.0 Å². The van der Waals surface area contributed by atoms with Crippen LogP contribution in [0.1, 0.15) is 18.5 Å². The molecule has 0 aliphatic rings. The molecule has 0 saturated carbocycles. The van der Waals surface area contributed by atoms with Crippen LogP contribution < -0.4 is 10.1 Å². The average Bonchev–Trinajstić information content (AvgIpc) is 3.43. The van der Waals surface area contributed by atoms with Gasteiger partial charge in [0.2, 0.25) is 11.7 Å². The third kappa shape index (κ3) is 5.59. The summed E-state index contributed by atoms with van der Waals surface area (Å²) in [5, 5.41) is 6.84. The highest BCUT2D eigenvalue weighted by Gasteiger charge is 2.31. The van der Waals surface area contributed by atoms with Gasteiger partial charge in [-0.1, -0.05) is 35.5 Å². The van der Waals surface area contributed by atoms with Gasteiger partial charge in [0.1, 0.15) is 18.0 Å². The van der Waals surface area contributed by atoms with Crippen molar-refractivity contribution in [1.29, 1.82) is 0 Å². The Morgan fingerprint density at radius 2 is 1.82 bits per heavy atom. The lowest BCUT2D eigenvalue weighted by molar-refractivity contribution is -0.274. The summed E-state index contributed by atoms with van der Waals surface area (Å²) >= 11 is 0. The minimum Gasteiger partial charge on any atom is -0.406 e. The fourth-order valence-electron chi connectivity index (χ4n) is 3.26. The van der Waals surface area contributed by atoms with Crippen LogP contribution in [-0.2, 0) is 11.3 Å². The third-order valence-corrected chi connectivity index (χ3v) is 4.81. The minimum absolute atomic E-state index is 0.0424. The van der Waals surface area contributed by atoms with Crippen LogP contribution in [0, 0.1) is 0 Å². The zero-order valence-electron chi connectivity index (χ0n) is 17.4. The summed E-state index contributed by atoms with van der Waals surface area (Å²) in [5.41, 5.74) is 1.98. The Balaban J connectivity index is 1.44. The van der Waals surface area contributed by atoms with Gasteiger partial charge in [0, 0.05) is 11.8 Å². The van der Waals surface area contributed by atoms with Gasteiger partial charge in [0.05, 0.1) is 6.04 Å². The Labute approximate surface area is 186 Å². The smallest absolute Gasteiger partial charge is 0.406 e. The highest BCUT2D eigenvalue weighted by atomic mass is 19.4. The van der Waals surface area contributed by atoms with E-state index in [9.17, 15) is 18.0 Å². The maximum Gasteiger partial charge on any atom is 0.573 e. The number of rotatable bonds is 7. The van der Waals surface area contributed by atoms with Gasteiger partial charge in [-0.15, -0.1) is 13.2 Å². The summed E-state index contributed by atoms with van der Waals surface area (Å²) in [6, 6.07) is 18.0. The summed E-state index contributed by atoms with van der Waals surface area (Å²) in [4.78, 5) is 16.9. The molecule has 10 heteroatoms. The number of ether oxygens (including phenoxy) is 1. The Morgan fingerprint density at radius 1 is 1.09 bits per heavy atom. The standard InChI is InChI=1S/C23H19F3N4O3/c1-15(16-6-3-2-4-7-16)27-20(31)14-30-13-5-8-19(30)22-28-21(29-33-22)17-9-11-18(12-10-17)32-23(24,25)26/h2-13,15H,14H2,1H3,(H,27,31)/t15-/m0/s1. The van der Waals surface area contributed by atoms with E-state index in [-0.39, 0.29) is 36.0 Å². The maximum atomic E-state index is 12.5. The van der Waals surface area contributed by atoms with Crippen LogP contribution in [0.25, 0.3) is 23.0 Å². The van der Waals surface area contributed by atoms with Crippen LogP contribution in [0.15, 0.2) is 77.4 Å². The molecule has 0 bridgehead atoms. The molecule has 0 saturated heterocycles. The van der Waals surface area contributed by atoms with Crippen molar-refractivity contribution in [2.75, 3.05) is 0 Å². The zero-order chi connectivity index (χ0) is 23.4. The van der Waals surface area contributed by atoms with Gasteiger partial charge in [-0.05, 0) is 48.9 Å². The second kappa shape index (κ2) is 9.19. The summed E-state index contributed by atoms with van der Waals surface area (Å²) in [5.74, 6) is -0.170. The van der Waals surface area contributed by atoms with Gasteiger partial charge >= 0.3 is 6.36 Å². The highest BCUT2D eigenvalue weighted by molar-refractivity contribution is 5.77. The molecule has 0 aliphatic heterocycles. The molecule has 2 aromatic heterocycles. The summed E-state index contributed by atoms with van der Waals surface area (Å²) in [6.45, 7) is 1.94. The number of nitrogens with one attached hydrogen (secondary N) is 1. The number of hydrogen-bond donors (Lipinski definition) is 1. The van der Waals surface area contributed by atoms with E-state index in [1.807, 2.05) is 37.3 Å². The zero-order valence-corrected chi connectivity index (χ0v) is 17.4. The average molecular weight is 456 g/mol. The molecule has 1 N–H and O–H groups in total. The van der Waals surface area contributed by atoms with E-state index >= 15 is 0 Å². The quantitative estimate of drug-likeness (QED) is 0.424. The van der Waals surface area contributed by atoms with E-state index in [0.717, 1.165) is 5.56 Å². The largest absolute Gasteiger partial charge is 0.573 e. The second-order valence-electron chi connectivity index (χ2n) is 7.22. The van der Waals surface area contributed by atoms with Gasteiger partial charge in [-0.2, -0.15) is 4.98 Å². The van der Waals surface area contributed by atoms with Crippen molar-refractivity contribution in [3.05, 3.63) is 78.5 Å². The van der Waals surface area contributed by atoms with Crippen LogP contribution in [0.5, 0.6) is 5.75 Å². The molecule has 0 unspecified atom stereocenters. The number of alkyl halides is 3. The molecule has 1 amide bonds. The van der Waals surface area contributed by atoms with E-state index < -0.39 is 6.36 Å². The lowest BCUT2D eigenvalue weighted by Gasteiger charge is -2.15. The number of carbonyl (C=O) groups excluding carboxylic acids is 1. The van der Waals surface area contributed by atoms with Crippen molar-refractivity contribution in [2.24, 2.45) is 0 Å². The second-order valence-corrected chi connectivity index (χ2v) is 7.22. The van der Waals surface area contributed by atoms with Crippen LogP contribution >= 0.6 is 0 Å². The van der Waals surface area contributed by atoms with Crippen LogP contribution in [0.2, 0.25) is 0 Å². The van der Waals surface area contributed by atoms with Gasteiger partial charge in [0.15, 0.2) is 0 Å². The monoisotopic (exact) mass is 456 g/mol. The molecule has 0 aliphatic carbocycles. The first-order valence-corrected chi connectivity index (χ1v) is 9.98. The van der Waals surface area contributed by atoms with Crippen molar-refractivity contribution in [1.82, 2.24) is 20.0 Å². The van der Waals surface area contributed by atoms with Crippen molar-refractivity contribution >= 4 is 5.91 Å². The SMILES string of the molecule is C[C@H](NC(=O)Cn1cccc1-c1nc(-c2ccc(OC(F)(F)F)cc2)no1)c1ccccc1.